The summed E-state index contributed by atoms with van der Waals surface area (Å²) in [6.45, 7) is 1.27. The molecule has 3 aromatic rings. The van der Waals surface area contributed by atoms with Gasteiger partial charge >= 0.3 is 12.2 Å². The maximum Gasteiger partial charge on any atom is 0.419 e. The van der Waals surface area contributed by atoms with Crippen molar-refractivity contribution in [3.05, 3.63) is 65.6 Å². The molecule has 33 heavy (non-hydrogen) atoms. The SMILES string of the molecule is CC(=O)Nc1[nH]cc(-c2ccc(NC(=O)Nc3ccc(F)c(C(F)(F)F)c3)cc2)c1C(N)=O. The molecule has 0 atom stereocenters. The first-order chi connectivity index (χ1) is 15.5. The van der Waals surface area contributed by atoms with Crippen LogP contribution in [0, 0.1) is 5.82 Å². The van der Waals surface area contributed by atoms with Crippen LogP contribution in [-0.4, -0.2) is 22.8 Å². The highest BCUT2D eigenvalue weighted by molar-refractivity contribution is 6.07. The summed E-state index contributed by atoms with van der Waals surface area (Å²) in [5, 5.41) is 7.10. The van der Waals surface area contributed by atoms with Crippen molar-refractivity contribution in [3.8, 4) is 11.1 Å². The monoisotopic (exact) mass is 463 g/mol. The first-order valence-electron chi connectivity index (χ1n) is 9.29. The molecule has 0 saturated carbocycles. The Bertz CT molecular complexity index is 1220. The molecule has 2 aromatic carbocycles. The van der Waals surface area contributed by atoms with Crippen LogP contribution in [0.15, 0.2) is 48.7 Å². The standard InChI is InChI=1S/C21H17F4N5O3/c1-10(31)28-19-17(18(26)32)14(9-27-19)11-2-4-12(5-3-11)29-20(33)30-13-6-7-16(22)15(8-13)21(23,24)25/h2-9,27H,1H3,(H2,26,32)(H,28,31)(H2,29,30,33). The Morgan fingerprint density at radius 1 is 0.939 bits per heavy atom. The van der Waals surface area contributed by atoms with Gasteiger partial charge in [-0.05, 0) is 35.9 Å². The van der Waals surface area contributed by atoms with E-state index in [4.69, 9.17) is 5.73 Å². The van der Waals surface area contributed by atoms with Gasteiger partial charge in [0.1, 0.15) is 11.6 Å². The third-order valence-corrected chi connectivity index (χ3v) is 4.41. The molecule has 172 valence electrons. The van der Waals surface area contributed by atoms with Crippen molar-refractivity contribution < 1.29 is 31.9 Å². The molecular formula is C21H17F4N5O3. The normalized spacial score (nSPS) is 11.1. The van der Waals surface area contributed by atoms with E-state index in [-0.39, 0.29) is 22.8 Å². The zero-order valence-electron chi connectivity index (χ0n) is 16.9. The zero-order chi connectivity index (χ0) is 24.3. The minimum atomic E-state index is -4.91. The van der Waals surface area contributed by atoms with E-state index in [0.717, 1.165) is 6.07 Å². The summed E-state index contributed by atoms with van der Waals surface area (Å²) >= 11 is 0. The molecule has 6 N–H and O–H groups in total. The Balaban J connectivity index is 1.74. The van der Waals surface area contributed by atoms with Crippen LogP contribution in [-0.2, 0) is 11.0 Å². The van der Waals surface area contributed by atoms with Crippen LogP contribution >= 0.6 is 0 Å². The quantitative estimate of drug-likeness (QED) is 0.356. The van der Waals surface area contributed by atoms with Crippen LogP contribution in [0.3, 0.4) is 0 Å². The number of primary amides is 1. The van der Waals surface area contributed by atoms with Gasteiger partial charge in [0, 0.05) is 30.1 Å². The van der Waals surface area contributed by atoms with E-state index in [2.05, 4.69) is 20.9 Å². The number of aromatic amines is 1. The van der Waals surface area contributed by atoms with E-state index >= 15 is 0 Å². The summed E-state index contributed by atoms with van der Waals surface area (Å²) in [5.74, 6) is -2.48. The number of amides is 4. The Labute approximate surface area is 184 Å². The van der Waals surface area contributed by atoms with Gasteiger partial charge in [0.15, 0.2) is 0 Å². The maximum atomic E-state index is 13.4. The van der Waals surface area contributed by atoms with Crippen molar-refractivity contribution in [3.63, 3.8) is 0 Å². The lowest BCUT2D eigenvalue weighted by Gasteiger charge is -2.12. The minimum absolute atomic E-state index is 0.0698. The summed E-state index contributed by atoms with van der Waals surface area (Å²) in [6, 6.07) is 7.32. The Morgan fingerprint density at radius 2 is 1.55 bits per heavy atom. The molecule has 0 aliphatic carbocycles. The van der Waals surface area contributed by atoms with E-state index in [1.54, 1.807) is 12.1 Å². The number of nitrogens with two attached hydrogens (primary N) is 1. The van der Waals surface area contributed by atoms with Gasteiger partial charge in [0.2, 0.25) is 5.91 Å². The van der Waals surface area contributed by atoms with E-state index in [1.165, 1.54) is 25.3 Å². The number of urea groups is 1. The van der Waals surface area contributed by atoms with E-state index in [9.17, 15) is 31.9 Å². The van der Waals surface area contributed by atoms with Gasteiger partial charge in [0.05, 0.1) is 11.1 Å². The number of rotatable bonds is 5. The molecule has 1 heterocycles. The Morgan fingerprint density at radius 3 is 2.12 bits per heavy atom. The number of carbonyl (C=O) groups excluding carboxylic acids is 3. The minimum Gasteiger partial charge on any atom is -0.365 e. The van der Waals surface area contributed by atoms with Gasteiger partial charge in [-0.1, -0.05) is 12.1 Å². The summed E-state index contributed by atoms with van der Waals surface area (Å²) < 4.78 is 51.8. The van der Waals surface area contributed by atoms with Crippen molar-refractivity contribution in [2.75, 3.05) is 16.0 Å². The third kappa shape index (κ3) is 5.47. The molecule has 0 unspecified atom stereocenters. The number of hydrogen-bond donors (Lipinski definition) is 5. The maximum absolute atomic E-state index is 13.4. The van der Waals surface area contributed by atoms with Crippen LogP contribution in [0.1, 0.15) is 22.8 Å². The average Bonchev–Trinajstić information content (AvgIpc) is 3.12. The molecule has 8 nitrogen and oxygen atoms in total. The van der Waals surface area contributed by atoms with E-state index in [0.29, 0.717) is 23.3 Å². The van der Waals surface area contributed by atoms with Crippen molar-refractivity contribution >= 4 is 35.0 Å². The molecule has 0 aliphatic heterocycles. The second-order valence-corrected chi connectivity index (χ2v) is 6.85. The number of benzene rings is 2. The van der Waals surface area contributed by atoms with E-state index < -0.39 is 35.4 Å². The molecule has 0 saturated heterocycles. The highest BCUT2D eigenvalue weighted by Gasteiger charge is 2.34. The lowest BCUT2D eigenvalue weighted by atomic mass is 10.0. The van der Waals surface area contributed by atoms with Gasteiger partial charge in [0.25, 0.3) is 5.91 Å². The summed E-state index contributed by atoms with van der Waals surface area (Å²) in [7, 11) is 0. The molecule has 3 rings (SSSR count). The number of anilines is 3. The first-order valence-corrected chi connectivity index (χ1v) is 9.29. The molecule has 12 heteroatoms. The van der Waals surface area contributed by atoms with Crippen LogP contribution in [0.4, 0.5) is 39.5 Å². The Hall–Kier alpha value is -4.35. The van der Waals surface area contributed by atoms with Crippen molar-refractivity contribution in [2.24, 2.45) is 5.73 Å². The van der Waals surface area contributed by atoms with Crippen molar-refractivity contribution in [1.82, 2.24) is 4.98 Å². The van der Waals surface area contributed by atoms with Gasteiger partial charge in [-0.25, -0.2) is 9.18 Å². The Kier molecular flexibility index (Phi) is 6.38. The number of aromatic nitrogens is 1. The zero-order valence-corrected chi connectivity index (χ0v) is 16.9. The highest BCUT2D eigenvalue weighted by atomic mass is 19.4. The number of H-pyrrole nitrogens is 1. The predicted octanol–water partition coefficient (Wildman–Crippen LogP) is 4.54. The average molecular weight is 463 g/mol. The number of halogens is 4. The van der Waals surface area contributed by atoms with Gasteiger partial charge in [-0.2, -0.15) is 13.2 Å². The summed E-state index contributed by atoms with van der Waals surface area (Å²) in [5.41, 5.74) is 4.97. The smallest absolute Gasteiger partial charge is 0.365 e. The predicted molar refractivity (Wildman–Crippen MR) is 113 cm³/mol. The van der Waals surface area contributed by atoms with Crippen molar-refractivity contribution in [1.29, 1.82) is 0 Å². The highest BCUT2D eigenvalue weighted by Crippen LogP contribution is 2.33. The lowest BCUT2D eigenvalue weighted by molar-refractivity contribution is -0.139. The molecular weight excluding hydrogens is 446 g/mol. The lowest BCUT2D eigenvalue weighted by Crippen LogP contribution is -2.20. The van der Waals surface area contributed by atoms with Crippen LogP contribution in [0.25, 0.3) is 11.1 Å². The number of alkyl halides is 3. The second kappa shape index (κ2) is 9.02. The first kappa shape index (κ1) is 23.3. The molecule has 0 bridgehead atoms. The van der Waals surface area contributed by atoms with Crippen LogP contribution < -0.4 is 21.7 Å². The van der Waals surface area contributed by atoms with Gasteiger partial charge in [-0.3, -0.25) is 9.59 Å². The van der Waals surface area contributed by atoms with Crippen molar-refractivity contribution in [2.45, 2.75) is 13.1 Å². The molecule has 1 aromatic heterocycles. The topological polar surface area (TPSA) is 129 Å². The molecule has 0 spiro atoms. The van der Waals surface area contributed by atoms with E-state index in [1.807, 2.05) is 0 Å². The summed E-state index contributed by atoms with van der Waals surface area (Å²) in [6.07, 6.45) is -3.43. The van der Waals surface area contributed by atoms with Crippen LogP contribution in [0.5, 0.6) is 0 Å². The fourth-order valence-electron chi connectivity index (χ4n) is 3.03. The number of hydrogen-bond acceptors (Lipinski definition) is 3. The molecule has 0 fully saturated rings. The van der Waals surface area contributed by atoms with Gasteiger partial charge in [-0.15, -0.1) is 0 Å². The van der Waals surface area contributed by atoms with Gasteiger partial charge < -0.3 is 26.7 Å². The van der Waals surface area contributed by atoms with Crippen LogP contribution in [0.2, 0.25) is 0 Å². The fourth-order valence-corrected chi connectivity index (χ4v) is 3.03. The molecule has 0 aliphatic rings. The number of carbonyl (C=O) groups is 3. The second-order valence-electron chi connectivity index (χ2n) is 6.85. The molecule has 4 amide bonds. The largest absolute Gasteiger partial charge is 0.419 e. The number of nitrogens with one attached hydrogen (secondary N) is 4. The third-order valence-electron chi connectivity index (χ3n) is 4.41. The fraction of sp³-hybridized carbons (Fsp3) is 0.0952. The summed E-state index contributed by atoms with van der Waals surface area (Å²) in [4.78, 5) is 38.0. The molecule has 0 radical (unpaired) electrons.